The fraction of sp³-hybridized carbons (Fsp3) is 0.500. The van der Waals surface area contributed by atoms with Gasteiger partial charge in [-0.25, -0.2) is 9.67 Å². The Morgan fingerprint density at radius 3 is 2.47 bits per heavy atom. The SMILES string of the molecule is CCCNC(=O)C1CCN(C(=O)c2cnn(-c3ccc(C(F)(F)F)cn3)c2C)CC1. The molecule has 30 heavy (non-hydrogen) atoms. The lowest BCUT2D eigenvalue weighted by atomic mass is 9.95. The largest absolute Gasteiger partial charge is 0.417 e. The van der Waals surface area contributed by atoms with Crippen LogP contribution in [0.2, 0.25) is 0 Å². The molecule has 0 aliphatic carbocycles. The number of alkyl halides is 3. The number of hydrogen-bond acceptors (Lipinski definition) is 4. The molecule has 0 saturated carbocycles. The zero-order valence-corrected chi connectivity index (χ0v) is 16.9. The van der Waals surface area contributed by atoms with Crippen molar-refractivity contribution in [2.24, 2.45) is 5.92 Å². The molecule has 0 spiro atoms. The third-order valence-electron chi connectivity index (χ3n) is 5.23. The Morgan fingerprint density at radius 2 is 1.90 bits per heavy atom. The van der Waals surface area contributed by atoms with Gasteiger partial charge in [0.2, 0.25) is 5.91 Å². The van der Waals surface area contributed by atoms with Crippen LogP contribution >= 0.6 is 0 Å². The van der Waals surface area contributed by atoms with Gasteiger partial charge in [0.1, 0.15) is 0 Å². The Balaban J connectivity index is 1.67. The predicted molar refractivity (Wildman–Crippen MR) is 103 cm³/mol. The molecule has 0 atom stereocenters. The van der Waals surface area contributed by atoms with E-state index in [0.29, 0.717) is 43.7 Å². The van der Waals surface area contributed by atoms with Crippen LogP contribution in [-0.4, -0.2) is 51.1 Å². The molecule has 3 heterocycles. The molecule has 2 aromatic heterocycles. The van der Waals surface area contributed by atoms with Crippen molar-refractivity contribution < 1.29 is 22.8 Å². The molecule has 1 fully saturated rings. The van der Waals surface area contributed by atoms with Gasteiger partial charge in [0.25, 0.3) is 5.91 Å². The monoisotopic (exact) mass is 423 g/mol. The lowest BCUT2D eigenvalue weighted by Gasteiger charge is -2.31. The average Bonchev–Trinajstić information content (AvgIpc) is 3.12. The zero-order valence-electron chi connectivity index (χ0n) is 16.9. The van der Waals surface area contributed by atoms with E-state index in [9.17, 15) is 22.8 Å². The Labute approximate surface area is 172 Å². The van der Waals surface area contributed by atoms with Crippen LogP contribution in [0, 0.1) is 12.8 Å². The molecule has 2 aromatic rings. The Morgan fingerprint density at radius 1 is 1.20 bits per heavy atom. The van der Waals surface area contributed by atoms with Crippen LogP contribution in [0.3, 0.4) is 0 Å². The summed E-state index contributed by atoms with van der Waals surface area (Å²) in [6.45, 7) is 5.24. The van der Waals surface area contributed by atoms with Gasteiger partial charge in [-0.15, -0.1) is 0 Å². The van der Waals surface area contributed by atoms with E-state index >= 15 is 0 Å². The summed E-state index contributed by atoms with van der Waals surface area (Å²) in [7, 11) is 0. The van der Waals surface area contributed by atoms with Crippen molar-refractivity contribution in [1.29, 1.82) is 0 Å². The third-order valence-corrected chi connectivity index (χ3v) is 5.23. The molecule has 10 heteroatoms. The minimum absolute atomic E-state index is 0.0290. The number of halogens is 3. The highest BCUT2D eigenvalue weighted by Gasteiger charge is 2.31. The van der Waals surface area contributed by atoms with Crippen molar-refractivity contribution in [3.8, 4) is 5.82 Å². The number of hydrogen-bond donors (Lipinski definition) is 1. The summed E-state index contributed by atoms with van der Waals surface area (Å²) in [6, 6.07) is 2.15. The number of aromatic nitrogens is 3. The molecule has 2 amide bonds. The van der Waals surface area contributed by atoms with Crippen LogP contribution in [0.5, 0.6) is 0 Å². The molecule has 0 unspecified atom stereocenters. The first-order chi connectivity index (χ1) is 14.2. The highest BCUT2D eigenvalue weighted by Crippen LogP contribution is 2.29. The molecule has 1 aliphatic heterocycles. The van der Waals surface area contributed by atoms with Gasteiger partial charge in [-0.2, -0.15) is 18.3 Å². The quantitative estimate of drug-likeness (QED) is 0.802. The van der Waals surface area contributed by atoms with E-state index in [1.165, 1.54) is 16.9 Å². The van der Waals surface area contributed by atoms with Crippen molar-refractivity contribution >= 4 is 11.8 Å². The standard InChI is InChI=1S/C20H24F3N5O2/c1-3-8-24-18(29)14-6-9-27(10-7-14)19(30)16-12-26-28(13(16)2)17-5-4-15(11-25-17)20(21,22)23/h4-5,11-12,14H,3,6-10H2,1-2H3,(H,24,29). The fourth-order valence-corrected chi connectivity index (χ4v) is 3.44. The van der Waals surface area contributed by atoms with E-state index in [0.717, 1.165) is 18.7 Å². The summed E-state index contributed by atoms with van der Waals surface area (Å²) in [4.78, 5) is 30.5. The maximum absolute atomic E-state index is 12.9. The first kappa shape index (κ1) is 21.8. The highest BCUT2D eigenvalue weighted by atomic mass is 19.4. The first-order valence-corrected chi connectivity index (χ1v) is 9.87. The molecule has 7 nitrogen and oxygen atoms in total. The predicted octanol–water partition coefficient (Wildman–Crippen LogP) is 2.97. The van der Waals surface area contributed by atoms with E-state index in [2.05, 4.69) is 15.4 Å². The Kier molecular flexibility index (Phi) is 6.42. The van der Waals surface area contributed by atoms with Crippen molar-refractivity contribution in [3.05, 3.63) is 41.3 Å². The molecule has 0 aromatic carbocycles. The summed E-state index contributed by atoms with van der Waals surface area (Å²) in [5, 5.41) is 7.02. The molecular formula is C20H24F3N5O2. The van der Waals surface area contributed by atoms with Gasteiger partial charge in [-0.1, -0.05) is 6.92 Å². The number of nitrogens with zero attached hydrogens (tertiary/aromatic N) is 4. The smallest absolute Gasteiger partial charge is 0.356 e. The van der Waals surface area contributed by atoms with Gasteiger partial charge in [-0.3, -0.25) is 9.59 Å². The summed E-state index contributed by atoms with van der Waals surface area (Å²) in [5.41, 5.74) is 0.0128. The van der Waals surface area contributed by atoms with Gasteiger partial charge in [-0.05, 0) is 38.3 Å². The van der Waals surface area contributed by atoms with E-state index < -0.39 is 11.7 Å². The summed E-state index contributed by atoms with van der Waals surface area (Å²) >= 11 is 0. The van der Waals surface area contributed by atoms with Gasteiger partial charge in [0.15, 0.2) is 5.82 Å². The Hall–Kier alpha value is -2.91. The van der Waals surface area contributed by atoms with Gasteiger partial charge in [0, 0.05) is 31.7 Å². The molecule has 0 bridgehead atoms. The van der Waals surface area contributed by atoms with Gasteiger partial charge >= 0.3 is 6.18 Å². The van der Waals surface area contributed by atoms with Crippen LogP contribution < -0.4 is 5.32 Å². The molecule has 0 radical (unpaired) electrons. The van der Waals surface area contributed by atoms with E-state index in [1.54, 1.807) is 11.8 Å². The van der Waals surface area contributed by atoms with Crippen molar-refractivity contribution in [1.82, 2.24) is 25.0 Å². The van der Waals surface area contributed by atoms with Crippen LogP contribution in [0.4, 0.5) is 13.2 Å². The molecule has 1 N–H and O–H groups in total. The lowest BCUT2D eigenvalue weighted by Crippen LogP contribution is -2.43. The number of likely N-dealkylation sites (tertiary alicyclic amines) is 1. The third kappa shape index (κ3) is 4.63. The fourth-order valence-electron chi connectivity index (χ4n) is 3.44. The maximum atomic E-state index is 12.9. The number of carbonyl (C=O) groups excluding carboxylic acids is 2. The van der Waals surface area contributed by atoms with Crippen LogP contribution in [0.25, 0.3) is 5.82 Å². The Bertz CT molecular complexity index is 900. The number of amides is 2. The topological polar surface area (TPSA) is 80.1 Å². The van der Waals surface area contributed by atoms with E-state index in [4.69, 9.17) is 0 Å². The van der Waals surface area contributed by atoms with Crippen molar-refractivity contribution in [2.45, 2.75) is 39.3 Å². The second-order valence-corrected chi connectivity index (χ2v) is 7.32. The second kappa shape index (κ2) is 8.85. The first-order valence-electron chi connectivity index (χ1n) is 9.87. The molecule has 3 rings (SSSR count). The second-order valence-electron chi connectivity index (χ2n) is 7.32. The average molecular weight is 423 g/mol. The minimum Gasteiger partial charge on any atom is -0.356 e. The highest BCUT2D eigenvalue weighted by molar-refractivity contribution is 5.95. The number of carbonyl (C=O) groups is 2. The normalized spacial score (nSPS) is 15.3. The van der Waals surface area contributed by atoms with Crippen LogP contribution in [-0.2, 0) is 11.0 Å². The van der Waals surface area contributed by atoms with Crippen molar-refractivity contribution in [3.63, 3.8) is 0 Å². The molecule has 1 saturated heterocycles. The van der Waals surface area contributed by atoms with Crippen LogP contribution in [0.15, 0.2) is 24.5 Å². The molecular weight excluding hydrogens is 399 g/mol. The number of pyridine rings is 1. The minimum atomic E-state index is -4.47. The maximum Gasteiger partial charge on any atom is 0.417 e. The summed E-state index contributed by atoms with van der Waals surface area (Å²) < 4.78 is 39.5. The number of nitrogens with one attached hydrogen (secondary N) is 1. The van der Waals surface area contributed by atoms with E-state index in [-0.39, 0.29) is 23.6 Å². The number of piperidine rings is 1. The van der Waals surface area contributed by atoms with E-state index in [1.807, 2.05) is 6.92 Å². The lowest BCUT2D eigenvalue weighted by molar-refractivity contribution is -0.137. The summed E-state index contributed by atoms with van der Waals surface area (Å²) in [5.74, 6) is -0.0778. The molecule has 1 aliphatic rings. The van der Waals surface area contributed by atoms with Crippen molar-refractivity contribution in [2.75, 3.05) is 19.6 Å². The van der Waals surface area contributed by atoms with Gasteiger partial charge in [0.05, 0.1) is 23.0 Å². The molecule has 162 valence electrons. The van der Waals surface area contributed by atoms with Gasteiger partial charge < -0.3 is 10.2 Å². The van der Waals surface area contributed by atoms with Crippen LogP contribution in [0.1, 0.15) is 47.8 Å². The zero-order chi connectivity index (χ0) is 21.9. The summed E-state index contributed by atoms with van der Waals surface area (Å²) in [6.07, 6.45) is -0.265. The number of rotatable bonds is 5.